The minimum atomic E-state index is 0.0626. The van der Waals surface area contributed by atoms with Crippen molar-refractivity contribution >= 4 is 29.1 Å². The first-order chi connectivity index (χ1) is 7.27. The Morgan fingerprint density at radius 3 is 2.87 bits per heavy atom. The molecular formula is C9H9ClN4S. The van der Waals surface area contributed by atoms with Gasteiger partial charge in [0.2, 0.25) is 0 Å². The molecule has 2 aromatic rings. The second kappa shape index (κ2) is 4.55. The van der Waals surface area contributed by atoms with Gasteiger partial charge in [-0.2, -0.15) is 8.75 Å². The Bertz CT molecular complexity index is 431. The van der Waals surface area contributed by atoms with E-state index in [2.05, 4.69) is 19.0 Å². The summed E-state index contributed by atoms with van der Waals surface area (Å²) in [7, 11) is 0. The van der Waals surface area contributed by atoms with Crippen molar-refractivity contribution in [3.05, 3.63) is 35.2 Å². The highest BCUT2D eigenvalue weighted by molar-refractivity contribution is 6.99. The molecule has 0 aromatic carbocycles. The highest BCUT2D eigenvalue weighted by Crippen LogP contribution is 2.22. The van der Waals surface area contributed by atoms with Crippen LogP contribution in [0.25, 0.3) is 0 Å². The Balaban J connectivity index is 2.11. The number of nitrogens with zero attached hydrogens (tertiary/aromatic N) is 3. The van der Waals surface area contributed by atoms with Gasteiger partial charge >= 0.3 is 0 Å². The quantitative estimate of drug-likeness (QED) is 0.896. The summed E-state index contributed by atoms with van der Waals surface area (Å²) in [5.74, 6) is 0.611. The summed E-state index contributed by atoms with van der Waals surface area (Å²) in [5, 5.41) is 3.55. The number of aromatic nitrogens is 3. The van der Waals surface area contributed by atoms with Gasteiger partial charge in [-0.05, 0) is 19.1 Å². The number of halogens is 1. The number of hydrogen-bond donors (Lipinski definition) is 1. The Morgan fingerprint density at radius 1 is 1.40 bits per heavy atom. The molecule has 0 bridgehead atoms. The average molecular weight is 241 g/mol. The molecule has 4 nitrogen and oxygen atoms in total. The van der Waals surface area contributed by atoms with Crippen molar-refractivity contribution in [2.24, 2.45) is 0 Å². The molecule has 1 atom stereocenters. The molecule has 2 heterocycles. The van der Waals surface area contributed by atoms with Crippen LogP contribution in [0.1, 0.15) is 18.7 Å². The standard InChI is InChI=1S/C9H9ClN4S/c1-6(7-4-2-3-5-11-7)12-9-8(10)13-15-14-9/h2-6H,1H3,(H,12,14). The topological polar surface area (TPSA) is 50.7 Å². The van der Waals surface area contributed by atoms with Crippen LogP contribution in [0.4, 0.5) is 5.82 Å². The Hall–Kier alpha value is -1.20. The van der Waals surface area contributed by atoms with E-state index in [1.165, 1.54) is 0 Å². The third-order valence-electron chi connectivity index (χ3n) is 1.93. The summed E-state index contributed by atoms with van der Waals surface area (Å²) in [6, 6.07) is 5.84. The maximum Gasteiger partial charge on any atom is 0.186 e. The molecule has 78 valence electrons. The molecule has 0 saturated heterocycles. The van der Waals surface area contributed by atoms with Crippen LogP contribution in [-0.4, -0.2) is 13.7 Å². The van der Waals surface area contributed by atoms with E-state index in [0.29, 0.717) is 11.0 Å². The van der Waals surface area contributed by atoms with Crippen molar-refractivity contribution in [3.8, 4) is 0 Å². The number of pyridine rings is 1. The van der Waals surface area contributed by atoms with Gasteiger partial charge in [0.15, 0.2) is 11.0 Å². The molecule has 0 aliphatic heterocycles. The molecule has 0 amide bonds. The lowest BCUT2D eigenvalue weighted by Gasteiger charge is -2.11. The van der Waals surface area contributed by atoms with Crippen LogP contribution < -0.4 is 5.32 Å². The highest BCUT2D eigenvalue weighted by Gasteiger charge is 2.10. The predicted octanol–water partition coefficient (Wildman–Crippen LogP) is 2.76. The minimum Gasteiger partial charge on any atom is -0.359 e. The zero-order valence-corrected chi connectivity index (χ0v) is 9.59. The summed E-state index contributed by atoms with van der Waals surface area (Å²) in [6.07, 6.45) is 1.76. The Labute approximate surface area is 96.7 Å². The van der Waals surface area contributed by atoms with Crippen LogP contribution in [0.3, 0.4) is 0 Å². The maximum atomic E-state index is 5.83. The van der Waals surface area contributed by atoms with Gasteiger partial charge in [-0.1, -0.05) is 17.7 Å². The summed E-state index contributed by atoms with van der Waals surface area (Å²) in [5.41, 5.74) is 0.946. The lowest BCUT2D eigenvalue weighted by molar-refractivity contribution is 0.835. The van der Waals surface area contributed by atoms with Gasteiger partial charge in [-0.25, -0.2) is 0 Å². The monoisotopic (exact) mass is 240 g/mol. The number of rotatable bonds is 3. The van der Waals surface area contributed by atoms with E-state index in [1.54, 1.807) is 6.20 Å². The van der Waals surface area contributed by atoms with Crippen LogP contribution in [-0.2, 0) is 0 Å². The number of anilines is 1. The Kier molecular flexibility index (Phi) is 3.13. The van der Waals surface area contributed by atoms with E-state index in [9.17, 15) is 0 Å². The molecule has 15 heavy (non-hydrogen) atoms. The summed E-state index contributed by atoms with van der Waals surface area (Å²) >= 11 is 6.91. The molecule has 2 aromatic heterocycles. The second-order valence-corrected chi connectivity index (χ2v) is 3.91. The van der Waals surface area contributed by atoms with Crippen molar-refractivity contribution in [3.63, 3.8) is 0 Å². The summed E-state index contributed by atoms with van der Waals surface area (Å²) in [6.45, 7) is 2.00. The second-order valence-electron chi connectivity index (χ2n) is 3.02. The van der Waals surface area contributed by atoms with Crippen molar-refractivity contribution in [2.75, 3.05) is 5.32 Å². The molecule has 0 spiro atoms. The van der Waals surface area contributed by atoms with Gasteiger partial charge < -0.3 is 5.32 Å². The lowest BCUT2D eigenvalue weighted by Crippen LogP contribution is -2.08. The fraction of sp³-hybridized carbons (Fsp3) is 0.222. The normalized spacial score (nSPS) is 12.4. The van der Waals surface area contributed by atoms with Gasteiger partial charge in [-0.15, -0.1) is 0 Å². The molecule has 0 saturated carbocycles. The van der Waals surface area contributed by atoms with Gasteiger partial charge in [0, 0.05) is 6.20 Å². The van der Waals surface area contributed by atoms with Gasteiger partial charge in [0.25, 0.3) is 0 Å². The summed E-state index contributed by atoms with van der Waals surface area (Å²) < 4.78 is 7.92. The SMILES string of the molecule is CC(Nc1nsnc1Cl)c1ccccn1. The van der Waals surface area contributed by atoms with Gasteiger partial charge in [-0.3, -0.25) is 4.98 Å². The van der Waals surface area contributed by atoms with Crippen LogP contribution in [0.5, 0.6) is 0 Å². The van der Waals surface area contributed by atoms with Crippen molar-refractivity contribution < 1.29 is 0 Å². The largest absolute Gasteiger partial charge is 0.359 e. The molecule has 2 rings (SSSR count). The van der Waals surface area contributed by atoms with Crippen LogP contribution in [0.2, 0.25) is 5.15 Å². The van der Waals surface area contributed by atoms with E-state index in [0.717, 1.165) is 17.4 Å². The van der Waals surface area contributed by atoms with E-state index < -0.39 is 0 Å². The first kappa shape index (κ1) is 10.3. The molecule has 0 fully saturated rings. The van der Waals surface area contributed by atoms with E-state index in [-0.39, 0.29) is 6.04 Å². The molecular weight excluding hydrogens is 232 g/mol. The van der Waals surface area contributed by atoms with E-state index >= 15 is 0 Å². The van der Waals surface area contributed by atoms with E-state index in [4.69, 9.17) is 11.6 Å². The van der Waals surface area contributed by atoms with Crippen molar-refractivity contribution in [1.82, 2.24) is 13.7 Å². The maximum absolute atomic E-state index is 5.83. The van der Waals surface area contributed by atoms with Crippen molar-refractivity contribution in [2.45, 2.75) is 13.0 Å². The molecule has 6 heteroatoms. The number of hydrogen-bond acceptors (Lipinski definition) is 5. The molecule has 0 aliphatic carbocycles. The Morgan fingerprint density at radius 2 is 2.27 bits per heavy atom. The minimum absolute atomic E-state index is 0.0626. The van der Waals surface area contributed by atoms with Crippen LogP contribution in [0.15, 0.2) is 24.4 Å². The summed E-state index contributed by atoms with van der Waals surface area (Å²) in [4.78, 5) is 4.24. The van der Waals surface area contributed by atoms with Gasteiger partial charge in [0.1, 0.15) is 0 Å². The third-order valence-corrected chi connectivity index (χ3v) is 2.83. The fourth-order valence-corrected chi connectivity index (χ4v) is 1.83. The first-order valence-corrected chi connectivity index (χ1v) is 5.53. The van der Waals surface area contributed by atoms with Crippen LogP contribution >= 0.6 is 23.3 Å². The lowest BCUT2D eigenvalue weighted by atomic mass is 10.2. The first-order valence-electron chi connectivity index (χ1n) is 4.43. The molecule has 1 unspecified atom stereocenters. The average Bonchev–Trinajstić information content (AvgIpc) is 2.66. The van der Waals surface area contributed by atoms with E-state index in [1.807, 2.05) is 25.1 Å². The number of nitrogens with one attached hydrogen (secondary N) is 1. The highest BCUT2D eigenvalue weighted by atomic mass is 35.5. The fourth-order valence-electron chi connectivity index (χ4n) is 1.18. The molecule has 0 aliphatic rings. The predicted molar refractivity (Wildman–Crippen MR) is 61.2 cm³/mol. The molecule has 0 radical (unpaired) electrons. The van der Waals surface area contributed by atoms with Crippen molar-refractivity contribution in [1.29, 1.82) is 0 Å². The smallest absolute Gasteiger partial charge is 0.186 e. The molecule has 1 N–H and O–H groups in total. The zero-order chi connectivity index (χ0) is 10.7. The zero-order valence-electron chi connectivity index (χ0n) is 8.01. The third kappa shape index (κ3) is 2.43. The van der Waals surface area contributed by atoms with Crippen LogP contribution in [0, 0.1) is 0 Å². The van der Waals surface area contributed by atoms with Gasteiger partial charge in [0.05, 0.1) is 23.5 Å².